The highest BCUT2D eigenvalue weighted by molar-refractivity contribution is 4.94. The minimum Gasteiger partial charge on any atom is -0.373 e. The Labute approximate surface area is 103 Å². The standard InChI is InChI=1S/C12H23N3O2/c1-4-5-16-8-11-14-12(17-15-11)10(7-13)6-9(2)3/h9-10H,4-8,13H2,1-3H3. The molecule has 1 aromatic heterocycles. The third-order valence-corrected chi connectivity index (χ3v) is 2.45. The first-order valence-electron chi connectivity index (χ1n) is 6.27. The first-order valence-corrected chi connectivity index (χ1v) is 6.27. The van der Waals surface area contributed by atoms with E-state index in [1.54, 1.807) is 0 Å². The molecule has 5 nitrogen and oxygen atoms in total. The summed E-state index contributed by atoms with van der Waals surface area (Å²) in [6.07, 6.45) is 1.96. The highest BCUT2D eigenvalue weighted by Gasteiger charge is 2.18. The minimum absolute atomic E-state index is 0.155. The second-order valence-electron chi connectivity index (χ2n) is 4.66. The molecule has 0 amide bonds. The van der Waals surface area contributed by atoms with Crippen LogP contribution in [0, 0.1) is 5.92 Å². The lowest BCUT2D eigenvalue weighted by molar-refractivity contribution is 0.114. The van der Waals surface area contributed by atoms with Crippen LogP contribution in [0.2, 0.25) is 0 Å². The van der Waals surface area contributed by atoms with Gasteiger partial charge in [0.05, 0.1) is 5.92 Å². The highest BCUT2D eigenvalue weighted by atomic mass is 16.5. The van der Waals surface area contributed by atoms with Crippen LogP contribution in [0.4, 0.5) is 0 Å². The summed E-state index contributed by atoms with van der Waals surface area (Å²) in [5.74, 6) is 1.96. The number of nitrogens with zero attached hydrogens (tertiary/aromatic N) is 2. The van der Waals surface area contributed by atoms with Gasteiger partial charge in [-0.15, -0.1) is 0 Å². The van der Waals surface area contributed by atoms with Crippen molar-refractivity contribution >= 4 is 0 Å². The zero-order valence-corrected chi connectivity index (χ0v) is 11.0. The fourth-order valence-corrected chi connectivity index (χ4v) is 1.67. The lowest BCUT2D eigenvalue weighted by atomic mass is 9.97. The number of hydrogen-bond donors (Lipinski definition) is 1. The van der Waals surface area contributed by atoms with Crippen LogP contribution in [-0.2, 0) is 11.3 Å². The Morgan fingerprint density at radius 2 is 2.18 bits per heavy atom. The van der Waals surface area contributed by atoms with Crippen LogP contribution in [0.1, 0.15) is 51.2 Å². The van der Waals surface area contributed by atoms with Crippen LogP contribution in [0.25, 0.3) is 0 Å². The quantitative estimate of drug-likeness (QED) is 0.705. The third-order valence-electron chi connectivity index (χ3n) is 2.45. The SMILES string of the molecule is CCCOCc1noc(C(CN)CC(C)C)n1. The topological polar surface area (TPSA) is 74.2 Å². The lowest BCUT2D eigenvalue weighted by Gasteiger charge is -2.11. The summed E-state index contributed by atoms with van der Waals surface area (Å²) in [6, 6.07) is 0. The molecular weight excluding hydrogens is 218 g/mol. The molecule has 0 aliphatic heterocycles. The molecule has 1 unspecified atom stereocenters. The van der Waals surface area contributed by atoms with Crippen molar-refractivity contribution in [1.29, 1.82) is 0 Å². The molecule has 17 heavy (non-hydrogen) atoms. The van der Waals surface area contributed by atoms with Gasteiger partial charge in [-0.2, -0.15) is 4.98 Å². The van der Waals surface area contributed by atoms with Crippen molar-refractivity contribution in [2.24, 2.45) is 11.7 Å². The molecule has 0 aliphatic carbocycles. The summed E-state index contributed by atoms with van der Waals surface area (Å²) >= 11 is 0. The Bertz CT molecular complexity index is 312. The van der Waals surface area contributed by atoms with E-state index in [1.165, 1.54) is 0 Å². The first kappa shape index (κ1) is 14.1. The van der Waals surface area contributed by atoms with Gasteiger partial charge in [-0.1, -0.05) is 25.9 Å². The molecule has 0 saturated heterocycles. The number of aromatic nitrogens is 2. The molecule has 2 N–H and O–H groups in total. The van der Waals surface area contributed by atoms with Gasteiger partial charge in [0, 0.05) is 13.2 Å². The summed E-state index contributed by atoms with van der Waals surface area (Å²) < 4.78 is 10.6. The summed E-state index contributed by atoms with van der Waals surface area (Å²) in [5.41, 5.74) is 5.72. The molecule has 1 rings (SSSR count). The van der Waals surface area contributed by atoms with Crippen molar-refractivity contribution in [2.45, 2.75) is 46.1 Å². The fraction of sp³-hybridized carbons (Fsp3) is 0.833. The Morgan fingerprint density at radius 1 is 1.41 bits per heavy atom. The zero-order chi connectivity index (χ0) is 12.7. The van der Waals surface area contributed by atoms with Gasteiger partial charge >= 0.3 is 0 Å². The van der Waals surface area contributed by atoms with Crippen molar-refractivity contribution in [2.75, 3.05) is 13.2 Å². The molecule has 0 fully saturated rings. The lowest BCUT2D eigenvalue weighted by Crippen LogP contribution is -2.15. The van der Waals surface area contributed by atoms with Crippen molar-refractivity contribution in [1.82, 2.24) is 10.1 Å². The van der Waals surface area contributed by atoms with E-state index in [0.29, 0.717) is 30.8 Å². The summed E-state index contributed by atoms with van der Waals surface area (Å²) in [7, 11) is 0. The molecule has 0 radical (unpaired) electrons. The van der Waals surface area contributed by atoms with E-state index in [2.05, 4.69) is 30.9 Å². The van der Waals surface area contributed by atoms with E-state index in [9.17, 15) is 0 Å². The van der Waals surface area contributed by atoms with E-state index in [1.807, 2.05) is 0 Å². The third kappa shape index (κ3) is 4.83. The van der Waals surface area contributed by atoms with Crippen LogP contribution >= 0.6 is 0 Å². The molecule has 98 valence electrons. The number of ether oxygens (including phenoxy) is 1. The van der Waals surface area contributed by atoms with Crippen molar-refractivity contribution in [3.8, 4) is 0 Å². The van der Waals surface area contributed by atoms with Crippen LogP contribution in [0.5, 0.6) is 0 Å². The predicted octanol–water partition coefficient (Wildman–Crippen LogP) is 2.08. The molecule has 0 bridgehead atoms. The fourth-order valence-electron chi connectivity index (χ4n) is 1.67. The molecule has 1 atom stereocenters. The van der Waals surface area contributed by atoms with Gasteiger partial charge in [-0.3, -0.25) is 0 Å². The largest absolute Gasteiger partial charge is 0.373 e. The van der Waals surface area contributed by atoms with Crippen molar-refractivity contribution in [3.63, 3.8) is 0 Å². The second-order valence-corrected chi connectivity index (χ2v) is 4.66. The van der Waals surface area contributed by atoms with Crippen LogP contribution in [0.15, 0.2) is 4.52 Å². The van der Waals surface area contributed by atoms with Gasteiger partial charge in [-0.25, -0.2) is 0 Å². The highest BCUT2D eigenvalue weighted by Crippen LogP contribution is 2.21. The average Bonchev–Trinajstić information content (AvgIpc) is 2.74. The first-order chi connectivity index (χ1) is 8.17. The van der Waals surface area contributed by atoms with Crippen LogP contribution < -0.4 is 5.73 Å². The van der Waals surface area contributed by atoms with Gasteiger partial charge in [-0.05, 0) is 18.8 Å². The van der Waals surface area contributed by atoms with E-state index in [-0.39, 0.29) is 5.92 Å². The van der Waals surface area contributed by atoms with E-state index in [0.717, 1.165) is 19.4 Å². The van der Waals surface area contributed by atoms with Crippen LogP contribution in [-0.4, -0.2) is 23.3 Å². The summed E-state index contributed by atoms with van der Waals surface area (Å²) in [5, 5.41) is 3.90. The number of rotatable bonds is 8. The average molecular weight is 241 g/mol. The Balaban J connectivity index is 2.52. The monoisotopic (exact) mass is 241 g/mol. The molecular formula is C12H23N3O2. The zero-order valence-electron chi connectivity index (χ0n) is 11.0. The molecule has 0 aromatic carbocycles. The number of nitrogens with two attached hydrogens (primary N) is 1. The minimum atomic E-state index is 0.155. The predicted molar refractivity (Wildman–Crippen MR) is 65.5 cm³/mol. The molecule has 1 heterocycles. The molecule has 5 heteroatoms. The van der Waals surface area contributed by atoms with Gasteiger partial charge in [0.1, 0.15) is 6.61 Å². The van der Waals surface area contributed by atoms with E-state index < -0.39 is 0 Å². The normalized spacial score (nSPS) is 13.2. The van der Waals surface area contributed by atoms with Crippen molar-refractivity contribution in [3.05, 3.63) is 11.7 Å². The molecule has 0 saturated carbocycles. The smallest absolute Gasteiger partial charge is 0.231 e. The second kappa shape index (κ2) is 7.40. The maximum absolute atomic E-state index is 5.72. The van der Waals surface area contributed by atoms with Crippen molar-refractivity contribution < 1.29 is 9.26 Å². The van der Waals surface area contributed by atoms with Gasteiger partial charge in [0.2, 0.25) is 5.89 Å². The van der Waals surface area contributed by atoms with E-state index >= 15 is 0 Å². The van der Waals surface area contributed by atoms with Gasteiger partial charge in [0.25, 0.3) is 0 Å². The maximum atomic E-state index is 5.72. The Morgan fingerprint density at radius 3 is 2.76 bits per heavy atom. The summed E-state index contributed by atoms with van der Waals surface area (Å²) in [4.78, 5) is 4.32. The number of hydrogen-bond acceptors (Lipinski definition) is 5. The van der Waals surface area contributed by atoms with Gasteiger partial charge in [0.15, 0.2) is 5.82 Å². The molecule has 0 spiro atoms. The Hall–Kier alpha value is -0.940. The van der Waals surface area contributed by atoms with Gasteiger partial charge < -0.3 is 15.0 Å². The molecule has 1 aromatic rings. The summed E-state index contributed by atoms with van der Waals surface area (Å²) in [6.45, 7) is 8.05. The maximum Gasteiger partial charge on any atom is 0.231 e. The van der Waals surface area contributed by atoms with Crippen LogP contribution in [0.3, 0.4) is 0 Å². The van der Waals surface area contributed by atoms with E-state index in [4.69, 9.17) is 15.0 Å². The Kier molecular flexibility index (Phi) is 6.15. The molecule has 0 aliphatic rings.